The molecule has 0 saturated carbocycles. The first-order chi connectivity index (χ1) is 10.3. The third kappa shape index (κ3) is 4.31. The van der Waals surface area contributed by atoms with E-state index in [1.807, 2.05) is 30.3 Å². The van der Waals surface area contributed by atoms with Gasteiger partial charge in [-0.25, -0.2) is 0 Å². The molecule has 3 heteroatoms. The van der Waals surface area contributed by atoms with E-state index in [1.165, 1.54) is 32.8 Å². The van der Waals surface area contributed by atoms with Gasteiger partial charge in [-0.1, -0.05) is 50.1 Å². The van der Waals surface area contributed by atoms with Crippen LogP contribution in [-0.2, 0) is 9.53 Å². The SMILES string of the molecule is CCC1CCCCCN1CC(C(=O)OC)c1ccccc1. The lowest BCUT2D eigenvalue weighted by Crippen LogP contribution is -2.39. The minimum atomic E-state index is -0.177. The highest BCUT2D eigenvalue weighted by atomic mass is 16.5. The van der Waals surface area contributed by atoms with Gasteiger partial charge >= 0.3 is 5.97 Å². The van der Waals surface area contributed by atoms with Crippen LogP contribution >= 0.6 is 0 Å². The number of carbonyl (C=O) groups is 1. The molecule has 1 aliphatic rings. The topological polar surface area (TPSA) is 29.5 Å². The molecule has 0 amide bonds. The molecule has 1 aromatic carbocycles. The Morgan fingerprint density at radius 3 is 2.71 bits per heavy atom. The molecule has 0 radical (unpaired) electrons. The summed E-state index contributed by atoms with van der Waals surface area (Å²) in [5.41, 5.74) is 1.06. The van der Waals surface area contributed by atoms with Crippen molar-refractivity contribution in [2.24, 2.45) is 0 Å². The maximum Gasteiger partial charge on any atom is 0.314 e. The number of hydrogen-bond donors (Lipinski definition) is 0. The monoisotopic (exact) mass is 289 g/mol. The van der Waals surface area contributed by atoms with Crippen molar-refractivity contribution in [3.63, 3.8) is 0 Å². The summed E-state index contributed by atoms with van der Waals surface area (Å²) in [6.45, 7) is 4.12. The van der Waals surface area contributed by atoms with Crippen LogP contribution in [-0.4, -0.2) is 37.1 Å². The average Bonchev–Trinajstić information content (AvgIpc) is 2.77. The molecule has 2 rings (SSSR count). The summed E-state index contributed by atoms with van der Waals surface area (Å²) in [7, 11) is 1.48. The highest BCUT2D eigenvalue weighted by molar-refractivity contribution is 5.78. The molecule has 1 fully saturated rings. The normalized spacial score (nSPS) is 21.5. The Kier molecular flexibility index (Phi) is 6.24. The molecule has 1 heterocycles. The smallest absolute Gasteiger partial charge is 0.314 e. The molecule has 0 N–H and O–H groups in total. The number of carbonyl (C=O) groups excluding carboxylic acids is 1. The molecule has 116 valence electrons. The zero-order valence-electron chi connectivity index (χ0n) is 13.3. The molecule has 21 heavy (non-hydrogen) atoms. The fourth-order valence-electron chi connectivity index (χ4n) is 3.32. The quantitative estimate of drug-likeness (QED) is 0.776. The summed E-state index contributed by atoms with van der Waals surface area (Å²) < 4.78 is 5.04. The number of hydrogen-bond acceptors (Lipinski definition) is 3. The Morgan fingerprint density at radius 2 is 2.05 bits per heavy atom. The number of ether oxygens (including phenoxy) is 1. The largest absolute Gasteiger partial charge is 0.469 e. The van der Waals surface area contributed by atoms with E-state index >= 15 is 0 Å². The average molecular weight is 289 g/mol. The predicted molar refractivity (Wildman–Crippen MR) is 85.3 cm³/mol. The zero-order valence-corrected chi connectivity index (χ0v) is 13.3. The van der Waals surface area contributed by atoms with Gasteiger partial charge < -0.3 is 4.74 Å². The van der Waals surface area contributed by atoms with E-state index in [9.17, 15) is 4.79 Å². The first-order valence-electron chi connectivity index (χ1n) is 8.13. The summed E-state index contributed by atoms with van der Waals surface area (Å²) >= 11 is 0. The minimum absolute atomic E-state index is 0.125. The van der Waals surface area contributed by atoms with Crippen molar-refractivity contribution >= 4 is 5.97 Å². The molecule has 1 aliphatic heterocycles. The molecule has 0 bridgehead atoms. The van der Waals surface area contributed by atoms with Gasteiger partial charge in [-0.2, -0.15) is 0 Å². The molecule has 1 aromatic rings. The molecular formula is C18H27NO2. The van der Waals surface area contributed by atoms with Gasteiger partial charge in [0, 0.05) is 12.6 Å². The summed E-state index contributed by atoms with van der Waals surface area (Å²) in [6.07, 6.45) is 6.26. The molecular weight excluding hydrogens is 262 g/mol. The Morgan fingerprint density at radius 1 is 1.29 bits per heavy atom. The Bertz CT molecular complexity index is 432. The molecule has 0 aromatic heterocycles. The standard InChI is InChI=1S/C18H27NO2/c1-3-16-12-8-5-9-13-19(16)14-17(18(20)21-2)15-10-6-4-7-11-15/h4,6-7,10-11,16-17H,3,5,8-9,12-14H2,1-2H3. The number of rotatable bonds is 5. The van der Waals surface area contributed by atoms with E-state index in [-0.39, 0.29) is 11.9 Å². The third-order valence-corrected chi connectivity index (χ3v) is 4.58. The number of nitrogens with zero attached hydrogens (tertiary/aromatic N) is 1. The van der Waals surface area contributed by atoms with Gasteiger partial charge in [0.1, 0.15) is 0 Å². The molecule has 0 spiro atoms. The van der Waals surface area contributed by atoms with Gasteiger partial charge in [0.2, 0.25) is 0 Å². The highest BCUT2D eigenvalue weighted by Crippen LogP contribution is 2.25. The van der Waals surface area contributed by atoms with Crippen molar-refractivity contribution < 1.29 is 9.53 Å². The summed E-state index contributed by atoms with van der Waals surface area (Å²) in [5, 5.41) is 0. The van der Waals surface area contributed by atoms with Crippen molar-refractivity contribution in [1.82, 2.24) is 4.90 Å². The Hall–Kier alpha value is -1.35. The van der Waals surface area contributed by atoms with E-state index in [0.717, 1.165) is 25.1 Å². The van der Waals surface area contributed by atoms with Gasteiger partial charge in [-0.05, 0) is 31.4 Å². The Labute approximate surface area is 128 Å². The molecule has 1 saturated heterocycles. The maximum absolute atomic E-state index is 12.2. The molecule has 2 unspecified atom stereocenters. The van der Waals surface area contributed by atoms with Crippen molar-refractivity contribution in [2.75, 3.05) is 20.2 Å². The van der Waals surface area contributed by atoms with Crippen LogP contribution in [0.25, 0.3) is 0 Å². The van der Waals surface area contributed by atoms with Crippen LogP contribution in [0.1, 0.15) is 50.5 Å². The second-order valence-electron chi connectivity index (χ2n) is 5.89. The fourth-order valence-corrected chi connectivity index (χ4v) is 3.32. The van der Waals surface area contributed by atoms with E-state index in [2.05, 4.69) is 11.8 Å². The fraction of sp³-hybridized carbons (Fsp3) is 0.611. The predicted octanol–water partition coefficient (Wildman–Crippen LogP) is 3.60. The van der Waals surface area contributed by atoms with Gasteiger partial charge in [0.25, 0.3) is 0 Å². The van der Waals surface area contributed by atoms with Crippen LogP contribution in [0.5, 0.6) is 0 Å². The van der Waals surface area contributed by atoms with Gasteiger partial charge in [-0.3, -0.25) is 9.69 Å². The van der Waals surface area contributed by atoms with E-state index in [4.69, 9.17) is 4.74 Å². The second-order valence-corrected chi connectivity index (χ2v) is 5.89. The zero-order chi connectivity index (χ0) is 15.1. The van der Waals surface area contributed by atoms with Gasteiger partial charge in [-0.15, -0.1) is 0 Å². The van der Waals surface area contributed by atoms with Crippen LogP contribution in [0.15, 0.2) is 30.3 Å². The summed E-state index contributed by atoms with van der Waals surface area (Å²) in [5.74, 6) is -0.302. The van der Waals surface area contributed by atoms with Crippen LogP contribution in [0.4, 0.5) is 0 Å². The lowest BCUT2D eigenvalue weighted by atomic mass is 9.97. The first-order valence-corrected chi connectivity index (χ1v) is 8.13. The molecule has 3 nitrogen and oxygen atoms in total. The van der Waals surface area contributed by atoms with E-state index in [1.54, 1.807) is 0 Å². The van der Waals surface area contributed by atoms with Crippen molar-refractivity contribution in [2.45, 2.75) is 51.0 Å². The van der Waals surface area contributed by atoms with Crippen molar-refractivity contribution in [3.8, 4) is 0 Å². The molecule has 0 aliphatic carbocycles. The highest BCUT2D eigenvalue weighted by Gasteiger charge is 2.28. The van der Waals surface area contributed by atoms with Gasteiger partial charge in [0.05, 0.1) is 13.0 Å². The number of likely N-dealkylation sites (tertiary alicyclic amines) is 1. The van der Waals surface area contributed by atoms with Crippen LogP contribution < -0.4 is 0 Å². The number of esters is 1. The lowest BCUT2D eigenvalue weighted by molar-refractivity contribution is -0.143. The minimum Gasteiger partial charge on any atom is -0.469 e. The first kappa shape index (κ1) is 16.0. The molecule has 2 atom stereocenters. The van der Waals surface area contributed by atoms with Gasteiger partial charge in [0.15, 0.2) is 0 Å². The third-order valence-electron chi connectivity index (χ3n) is 4.58. The number of methoxy groups -OCH3 is 1. The van der Waals surface area contributed by atoms with E-state index in [0.29, 0.717) is 6.04 Å². The maximum atomic E-state index is 12.2. The summed E-state index contributed by atoms with van der Waals surface area (Å²) in [6, 6.07) is 10.6. The number of benzene rings is 1. The van der Waals surface area contributed by atoms with E-state index < -0.39 is 0 Å². The van der Waals surface area contributed by atoms with Crippen molar-refractivity contribution in [3.05, 3.63) is 35.9 Å². The van der Waals surface area contributed by atoms with Crippen molar-refractivity contribution in [1.29, 1.82) is 0 Å². The Balaban J connectivity index is 2.15. The lowest BCUT2D eigenvalue weighted by Gasteiger charge is -2.32. The van der Waals surface area contributed by atoms with Crippen LogP contribution in [0.2, 0.25) is 0 Å². The summed E-state index contributed by atoms with van der Waals surface area (Å²) in [4.78, 5) is 14.7. The van der Waals surface area contributed by atoms with Crippen LogP contribution in [0.3, 0.4) is 0 Å². The second kappa shape index (κ2) is 8.18. The van der Waals surface area contributed by atoms with Crippen LogP contribution in [0, 0.1) is 0 Å².